The Bertz CT molecular complexity index is 2600. The summed E-state index contributed by atoms with van der Waals surface area (Å²) in [5, 5.41) is 9.76. The monoisotopic (exact) mass is 749 g/mol. The lowest BCUT2D eigenvalue weighted by Gasteiger charge is -2.22. The summed E-state index contributed by atoms with van der Waals surface area (Å²) in [4.78, 5) is 55.0. The van der Waals surface area contributed by atoms with Crippen molar-refractivity contribution in [3.05, 3.63) is 131 Å². The van der Waals surface area contributed by atoms with Crippen LogP contribution in [0.5, 0.6) is 0 Å². The Kier molecular flexibility index (Phi) is 11.3. The largest absolute Gasteiger partial charge is 0.402 e. The molecule has 3 aromatic heterocycles. The van der Waals surface area contributed by atoms with Gasteiger partial charge in [-0.05, 0) is 78.1 Å². The number of aromatic nitrogens is 3. The van der Waals surface area contributed by atoms with Crippen molar-refractivity contribution >= 4 is 61.5 Å². The Morgan fingerprint density at radius 1 is 0.714 bits per heavy atom. The number of carbonyl (C=O) groups is 2. The molecule has 12 nitrogen and oxygen atoms in total. The maximum absolute atomic E-state index is 13.2. The van der Waals surface area contributed by atoms with E-state index in [1.807, 2.05) is 99.8 Å². The minimum absolute atomic E-state index is 0.210. The van der Waals surface area contributed by atoms with Gasteiger partial charge in [-0.15, -0.1) is 0 Å². The Balaban J connectivity index is 0.000000178. The van der Waals surface area contributed by atoms with E-state index in [-0.39, 0.29) is 23.0 Å². The van der Waals surface area contributed by atoms with E-state index in [1.165, 1.54) is 0 Å². The third-order valence-electron chi connectivity index (χ3n) is 9.80. The van der Waals surface area contributed by atoms with Crippen molar-refractivity contribution in [2.75, 3.05) is 63.1 Å². The number of pyridine rings is 2. The molecule has 4 aromatic carbocycles. The average Bonchev–Trinajstić information content (AvgIpc) is 3.22. The third kappa shape index (κ3) is 8.06. The SMILES string of the molecule is CN(C)c1ccc(-c2nc3cccnc3c(=O)o2)c2ccccc12.CN(C)c1ccc(C(=O)Nc2cccnc2C(=O)NCC2CCOCC2)c2ccccc12. The Morgan fingerprint density at radius 3 is 2.05 bits per heavy atom. The first-order valence-corrected chi connectivity index (χ1v) is 18.5. The zero-order valence-corrected chi connectivity index (χ0v) is 31.8. The van der Waals surface area contributed by atoms with Gasteiger partial charge in [0.15, 0.2) is 11.2 Å². The van der Waals surface area contributed by atoms with Crippen molar-refractivity contribution in [2.45, 2.75) is 12.8 Å². The number of carbonyl (C=O) groups excluding carboxylic acids is 2. The lowest BCUT2D eigenvalue weighted by molar-refractivity contribution is 0.0642. The summed E-state index contributed by atoms with van der Waals surface area (Å²) in [5.41, 5.74) is 4.37. The number of benzene rings is 4. The smallest absolute Gasteiger partial charge is 0.365 e. The van der Waals surface area contributed by atoms with Gasteiger partial charge in [-0.1, -0.05) is 48.5 Å². The highest BCUT2D eigenvalue weighted by atomic mass is 16.5. The molecule has 284 valence electrons. The molecule has 0 saturated carbocycles. The van der Waals surface area contributed by atoms with Crippen LogP contribution in [0.25, 0.3) is 44.0 Å². The number of rotatable bonds is 8. The van der Waals surface area contributed by atoms with Crippen molar-refractivity contribution in [3.8, 4) is 11.5 Å². The zero-order valence-electron chi connectivity index (χ0n) is 31.8. The molecule has 1 aliphatic rings. The van der Waals surface area contributed by atoms with E-state index >= 15 is 0 Å². The quantitative estimate of drug-likeness (QED) is 0.164. The molecular formula is C44H43N7O5. The summed E-state index contributed by atoms with van der Waals surface area (Å²) >= 11 is 0. The van der Waals surface area contributed by atoms with Gasteiger partial charge < -0.3 is 29.6 Å². The van der Waals surface area contributed by atoms with E-state index in [0.717, 1.165) is 64.5 Å². The van der Waals surface area contributed by atoms with Crippen molar-refractivity contribution in [2.24, 2.45) is 5.92 Å². The molecule has 8 rings (SSSR count). The van der Waals surface area contributed by atoms with E-state index < -0.39 is 5.63 Å². The molecule has 7 aromatic rings. The number of hydrogen-bond acceptors (Lipinski definition) is 10. The van der Waals surface area contributed by atoms with Crippen LogP contribution in [0.4, 0.5) is 17.1 Å². The van der Waals surface area contributed by atoms with Crippen LogP contribution in [0.2, 0.25) is 0 Å². The molecule has 12 heteroatoms. The average molecular weight is 750 g/mol. The summed E-state index contributed by atoms with van der Waals surface area (Å²) in [6.45, 7) is 2.03. The van der Waals surface area contributed by atoms with Gasteiger partial charge in [0.05, 0.1) is 5.69 Å². The van der Waals surface area contributed by atoms with E-state index in [9.17, 15) is 14.4 Å². The van der Waals surface area contributed by atoms with Crippen LogP contribution < -0.4 is 26.1 Å². The second-order valence-corrected chi connectivity index (χ2v) is 13.9. The number of hydrogen-bond donors (Lipinski definition) is 2. The van der Waals surface area contributed by atoms with Crippen LogP contribution in [-0.2, 0) is 4.74 Å². The van der Waals surface area contributed by atoms with Crippen LogP contribution in [-0.4, -0.2) is 74.7 Å². The second kappa shape index (κ2) is 16.8. The summed E-state index contributed by atoms with van der Waals surface area (Å²) in [6, 6.07) is 30.4. The molecule has 2 amide bonds. The normalized spacial score (nSPS) is 12.9. The van der Waals surface area contributed by atoms with E-state index in [0.29, 0.717) is 35.1 Å². The number of anilines is 3. The molecule has 0 spiro atoms. The van der Waals surface area contributed by atoms with E-state index in [1.54, 1.807) is 36.7 Å². The standard InChI is InChI=1S/C25H28N4O3.C19H15N3O2/c1-29(2)22-10-9-20(18-6-3-4-7-19(18)22)24(30)28-21-8-5-13-26-23(21)25(31)27-16-17-11-14-32-15-12-17;1-22(2)16-10-9-14(12-6-3-4-7-13(12)16)18-21-15-8-5-11-20-17(15)19(23)24-18/h3-10,13,17H,11-12,14-16H2,1-2H3,(H,27,31)(H,28,30);3-11H,1-2H3. The first-order chi connectivity index (χ1) is 27.2. The van der Waals surface area contributed by atoms with Crippen molar-refractivity contribution in [1.29, 1.82) is 0 Å². The summed E-state index contributed by atoms with van der Waals surface area (Å²) in [6.07, 6.45) is 4.98. The predicted molar refractivity (Wildman–Crippen MR) is 222 cm³/mol. The van der Waals surface area contributed by atoms with Gasteiger partial charge in [-0.3, -0.25) is 9.59 Å². The maximum Gasteiger partial charge on any atom is 0.365 e. The number of fused-ring (bicyclic) bond motifs is 3. The summed E-state index contributed by atoms with van der Waals surface area (Å²) < 4.78 is 10.8. The third-order valence-corrected chi connectivity index (χ3v) is 9.80. The first kappa shape index (κ1) is 37.6. The van der Waals surface area contributed by atoms with Crippen LogP contribution in [0.1, 0.15) is 33.7 Å². The predicted octanol–water partition coefficient (Wildman–Crippen LogP) is 7.18. The molecular weight excluding hydrogens is 707 g/mol. The first-order valence-electron chi connectivity index (χ1n) is 18.5. The summed E-state index contributed by atoms with van der Waals surface area (Å²) in [5.74, 6) is 0.135. The molecule has 2 N–H and O–H groups in total. The van der Waals surface area contributed by atoms with Crippen molar-refractivity contribution in [3.63, 3.8) is 0 Å². The molecule has 56 heavy (non-hydrogen) atoms. The fourth-order valence-electron chi connectivity index (χ4n) is 6.91. The van der Waals surface area contributed by atoms with Gasteiger partial charge in [0.1, 0.15) is 5.52 Å². The van der Waals surface area contributed by atoms with Crippen LogP contribution in [0.15, 0.2) is 119 Å². The minimum Gasteiger partial charge on any atom is -0.402 e. The molecule has 1 saturated heterocycles. The van der Waals surface area contributed by atoms with Crippen LogP contribution in [0.3, 0.4) is 0 Å². The highest BCUT2D eigenvalue weighted by molar-refractivity contribution is 6.16. The van der Waals surface area contributed by atoms with Gasteiger partial charge in [0, 0.05) is 93.6 Å². The topological polar surface area (TPSA) is 143 Å². The Morgan fingerprint density at radius 2 is 1.34 bits per heavy atom. The molecule has 0 unspecified atom stereocenters. The fraction of sp³-hybridized carbons (Fsp3) is 0.227. The highest BCUT2D eigenvalue weighted by Crippen LogP contribution is 2.34. The van der Waals surface area contributed by atoms with Gasteiger partial charge in [-0.25, -0.2) is 19.7 Å². The van der Waals surface area contributed by atoms with Gasteiger partial charge in [0.25, 0.3) is 11.8 Å². The van der Waals surface area contributed by atoms with Gasteiger partial charge in [-0.2, -0.15) is 0 Å². The molecule has 4 heterocycles. The number of nitrogens with one attached hydrogen (secondary N) is 2. The number of ether oxygens (including phenoxy) is 1. The van der Waals surface area contributed by atoms with Crippen molar-refractivity contribution in [1.82, 2.24) is 20.3 Å². The summed E-state index contributed by atoms with van der Waals surface area (Å²) in [7, 11) is 7.95. The van der Waals surface area contributed by atoms with Gasteiger partial charge in [0.2, 0.25) is 5.89 Å². The molecule has 0 aliphatic carbocycles. The van der Waals surface area contributed by atoms with E-state index in [4.69, 9.17) is 9.15 Å². The molecule has 0 atom stereocenters. The molecule has 0 bridgehead atoms. The zero-order chi connectivity index (χ0) is 39.2. The van der Waals surface area contributed by atoms with E-state index in [2.05, 4.69) is 36.6 Å². The molecule has 1 aliphatic heterocycles. The Labute approximate surface area is 324 Å². The maximum atomic E-state index is 13.2. The highest BCUT2D eigenvalue weighted by Gasteiger charge is 2.20. The lowest BCUT2D eigenvalue weighted by Crippen LogP contribution is -2.33. The number of nitrogens with zero attached hydrogens (tertiary/aromatic N) is 5. The van der Waals surface area contributed by atoms with Crippen LogP contribution in [0, 0.1) is 5.92 Å². The molecule has 1 fully saturated rings. The van der Waals surface area contributed by atoms with Crippen LogP contribution >= 0.6 is 0 Å². The fourth-order valence-corrected chi connectivity index (χ4v) is 6.91. The molecule has 0 radical (unpaired) electrons. The number of amides is 2. The van der Waals surface area contributed by atoms with Gasteiger partial charge >= 0.3 is 5.63 Å². The minimum atomic E-state index is -0.476. The lowest BCUT2D eigenvalue weighted by atomic mass is 10.0. The Hall–Kier alpha value is -6.66. The second-order valence-electron chi connectivity index (χ2n) is 13.9. The van der Waals surface area contributed by atoms with Crippen molar-refractivity contribution < 1.29 is 18.7 Å².